The predicted molar refractivity (Wildman–Crippen MR) is 156 cm³/mol. The summed E-state index contributed by atoms with van der Waals surface area (Å²) in [6.07, 6.45) is 0. The molecule has 0 saturated heterocycles. The van der Waals surface area contributed by atoms with E-state index in [2.05, 4.69) is 0 Å². The maximum atomic E-state index is 12.2. The van der Waals surface area contributed by atoms with Crippen molar-refractivity contribution in [2.75, 3.05) is 14.2 Å². The molecule has 0 fully saturated rings. The Morgan fingerprint density at radius 3 is 1.21 bits per heavy atom. The summed E-state index contributed by atoms with van der Waals surface area (Å²) in [6.45, 7) is 0. The van der Waals surface area contributed by atoms with Crippen molar-refractivity contribution in [1.29, 1.82) is 0 Å². The third-order valence-corrected chi connectivity index (χ3v) is 6.42. The smallest absolute Gasteiger partial charge is 0.201 e. The molecule has 0 radical (unpaired) electrons. The van der Waals surface area contributed by atoms with E-state index in [-0.39, 0.29) is 33.4 Å². The first-order chi connectivity index (χ1) is 20.2. The van der Waals surface area contributed by atoms with E-state index in [1.807, 2.05) is 60.7 Å². The molecule has 10 nitrogen and oxygen atoms in total. The zero-order valence-corrected chi connectivity index (χ0v) is 22.3. The van der Waals surface area contributed by atoms with Crippen LogP contribution in [0, 0.1) is 0 Å². The van der Waals surface area contributed by atoms with Crippen LogP contribution >= 0.6 is 0 Å². The number of aromatic hydroxyl groups is 4. The lowest BCUT2D eigenvalue weighted by atomic mass is 10.1. The van der Waals surface area contributed by atoms with E-state index < -0.39 is 33.9 Å². The third-order valence-electron chi connectivity index (χ3n) is 6.42. The minimum absolute atomic E-state index is 0.0355. The van der Waals surface area contributed by atoms with Crippen molar-refractivity contribution in [3.63, 3.8) is 0 Å². The second-order valence-corrected chi connectivity index (χ2v) is 8.98. The Balaban J connectivity index is 0.000000168. The second kappa shape index (κ2) is 11.3. The topological polar surface area (TPSA) is 160 Å². The Bertz CT molecular complexity index is 1880. The lowest BCUT2D eigenvalue weighted by Gasteiger charge is -2.09. The van der Waals surface area contributed by atoms with Gasteiger partial charge in [-0.25, -0.2) is 0 Å². The zero-order valence-electron chi connectivity index (χ0n) is 22.3. The number of phenolic OH excluding ortho intramolecular Hbond substituents is 4. The van der Waals surface area contributed by atoms with Crippen LogP contribution in [0.15, 0.2) is 103 Å². The van der Waals surface area contributed by atoms with Crippen LogP contribution < -0.4 is 20.3 Å². The van der Waals surface area contributed by atoms with Crippen LogP contribution in [0.25, 0.3) is 44.6 Å². The average molecular weight is 569 g/mol. The van der Waals surface area contributed by atoms with Gasteiger partial charge in [0.05, 0.1) is 14.2 Å². The summed E-state index contributed by atoms with van der Waals surface area (Å²) in [7, 11) is 2.69. The number of hydrogen-bond acceptors (Lipinski definition) is 10. The molecule has 0 aliphatic carbocycles. The van der Waals surface area contributed by atoms with E-state index in [0.717, 1.165) is 11.1 Å². The van der Waals surface area contributed by atoms with E-state index in [1.165, 1.54) is 38.5 Å². The van der Waals surface area contributed by atoms with Crippen molar-refractivity contribution in [3.05, 3.63) is 105 Å². The van der Waals surface area contributed by atoms with Crippen LogP contribution in [-0.2, 0) is 0 Å². The third kappa shape index (κ3) is 5.04. The number of fused-ring (bicyclic) bond motifs is 2. The first-order valence-corrected chi connectivity index (χ1v) is 12.5. The Labute approximate surface area is 237 Å². The molecule has 0 atom stereocenters. The summed E-state index contributed by atoms with van der Waals surface area (Å²) in [5, 5.41) is 39.2. The van der Waals surface area contributed by atoms with E-state index in [9.17, 15) is 30.0 Å². The van der Waals surface area contributed by atoms with Crippen molar-refractivity contribution >= 4 is 21.9 Å². The number of phenols is 4. The van der Waals surface area contributed by atoms with Crippen LogP contribution in [0.3, 0.4) is 0 Å². The van der Waals surface area contributed by atoms with Gasteiger partial charge in [0, 0.05) is 35.4 Å². The largest absolute Gasteiger partial charge is 0.504 e. The number of ether oxygens (including phenoxy) is 2. The summed E-state index contributed by atoms with van der Waals surface area (Å²) in [4.78, 5) is 24.3. The summed E-state index contributed by atoms with van der Waals surface area (Å²) < 4.78 is 21.2. The van der Waals surface area contributed by atoms with Crippen molar-refractivity contribution in [2.45, 2.75) is 0 Å². The number of rotatable bonds is 4. The Hall–Kier alpha value is -5.90. The van der Waals surface area contributed by atoms with Crippen molar-refractivity contribution in [2.24, 2.45) is 0 Å². The molecule has 0 unspecified atom stereocenters. The maximum absolute atomic E-state index is 12.2. The molecule has 0 aliphatic rings. The molecule has 6 aromatic rings. The number of hydrogen-bond donors (Lipinski definition) is 4. The van der Waals surface area contributed by atoms with E-state index in [0.29, 0.717) is 11.5 Å². The van der Waals surface area contributed by atoms with Gasteiger partial charge in [0.1, 0.15) is 33.5 Å². The molecule has 6 rings (SSSR count). The summed E-state index contributed by atoms with van der Waals surface area (Å²) >= 11 is 0. The molecule has 4 N–H and O–H groups in total. The van der Waals surface area contributed by atoms with Gasteiger partial charge in [0.25, 0.3) is 0 Å². The first kappa shape index (κ1) is 27.7. The Morgan fingerprint density at radius 2 is 0.881 bits per heavy atom. The summed E-state index contributed by atoms with van der Waals surface area (Å²) in [5.74, 6) is -1.23. The summed E-state index contributed by atoms with van der Waals surface area (Å²) in [5.41, 5.74) is 0.893. The fourth-order valence-electron chi connectivity index (χ4n) is 4.34. The van der Waals surface area contributed by atoms with Gasteiger partial charge >= 0.3 is 0 Å². The highest BCUT2D eigenvalue weighted by Crippen LogP contribution is 2.42. The molecule has 4 aromatic carbocycles. The zero-order chi connectivity index (χ0) is 30.0. The molecular formula is C32H24O10. The van der Waals surface area contributed by atoms with Gasteiger partial charge in [-0.15, -0.1) is 0 Å². The molecular weight excluding hydrogens is 544 g/mol. The SMILES string of the molecule is COc1cc2oc(-c3ccccc3)cc(=O)c2c(O)c1O.COc1cc2oc(-c3ccccc3)cc(=O)c2c(O)c1O. The quantitative estimate of drug-likeness (QED) is 0.193. The molecule has 0 spiro atoms. The molecule has 10 heteroatoms. The Kier molecular flexibility index (Phi) is 7.44. The molecule has 0 aliphatic heterocycles. The normalized spacial score (nSPS) is 10.7. The van der Waals surface area contributed by atoms with Gasteiger partial charge in [-0.2, -0.15) is 0 Å². The van der Waals surface area contributed by atoms with Crippen LogP contribution in [0.4, 0.5) is 0 Å². The van der Waals surface area contributed by atoms with E-state index in [1.54, 1.807) is 0 Å². The standard InChI is InChI=1S/2C16H12O5/c2*1-20-13-8-12-14(16(19)15(13)18)10(17)7-11(21-12)9-5-3-2-4-6-9/h2*2-8,18-19H,1H3. The fraction of sp³-hybridized carbons (Fsp3) is 0.0625. The van der Waals surface area contributed by atoms with Crippen molar-refractivity contribution in [3.8, 4) is 57.1 Å². The van der Waals surface area contributed by atoms with E-state index in [4.69, 9.17) is 18.3 Å². The molecule has 2 aromatic heterocycles. The lowest BCUT2D eigenvalue weighted by Crippen LogP contribution is -2.01. The van der Waals surface area contributed by atoms with Crippen LogP contribution in [0.1, 0.15) is 0 Å². The molecule has 2 heterocycles. The predicted octanol–water partition coefficient (Wildman–Crippen LogP) is 5.76. The van der Waals surface area contributed by atoms with Crippen LogP contribution in [-0.4, -0.2) is 34.6 Å². The highest BCUT2D eigenvalue weighted by Gasteiger charge is 2.19. The van der Waals surface area contributed by atoms with Crippen molar-refractivity contribution in [1.82, 2.24) is 0 Å². The molecule has 42 heavy (non-hydrogen) atoms. The molecule has 0 bridgehead atoms. The first-order valence-electron chi connectivity index (χ1n) is 12.5. The van der Waals surface area contributed by atoms with Crippen LogP contribution in [0.2, 0.25) is 0 Å². The maximum Gasteiger partial charge on any atom is 0.201 e. The number of methoxy groups -OCH3 is 2. The van der Waals surface area contributed by atoms with Crippen molar-refractivity contribution < 1.29 is 38.7 Å². The minimum atomic E-state index is -0.544. The lowest BCUT2D eigenvalue weighted by molar-refractivity contribution is 0.352. The van der Waals surface area contributed by atoms with Gasteiger partial charge in [0.2, 0.25) is 11.5 Å². The Morgan fingerprint density at radius 1 is 0.524 bits per heavy atom. The van der Waals surface area contributed by atoms with Gasteiger partial charge < -0.3 is 38.7 Å². The second-order valence-electron chi connectivity index (χ2n) is 8.98. The minimum Gasteiger partial charge on any atom is -0.504 e. The molecule has 0 amide bonds. The fourth-order valence-corrected chi connectivity index (χ4v) is 4.34. The highest BCUT2D eigenvalue weighted by atomic mass is 16.5. The summed E-state index contributed by atoms with van der Waals surface area (Å²) in [6, 6.07) is 23.6. The van der Waals surface area contributed by atoms with Crippen LogP contribution in [0.5, 0.6) is 34.5 Å². The molecule has 212 valence electrons. The number of benzene rings is 4. The van der Waals surface area contributed by atoms with Gasteiger partial charge in [-0.1, -0.05) is 60.7 Å². The van der Waals surface area contributed by atoms with E-state index >= 15 is 0 Å². The van der Waals surface area contributed by atoms with Gasteiger partial charge in [-0.3, -0.25) is 9.59 Å². The van der Waals surface area contributed by atoms with Gasteiger partial charge in [-0.05, 0) is 0 Å². The molecule has 0 saturated carbocycles. The van der Waals surface area contributed by atoms with Gasteiger partial charge in [0.15, 0.2) is 33.9 Å². The highest BCUT2D eigenvalue weighted by molar-refractivity contribution is 5.90. The average Bonchev–Trinajstić information content (AvgIpc) is 3.01. The monoisotopic (exact) mass is 568 g/mol.